The number of aromatic carboxylic acids is 2. The average molecular weight is 550 g/mol. The van der Waals surface area contributed by atoms with Crippen LogP contribution >= 0.6 is 12.2 Å². The van der Waals surface area contributed by atoms with Gasteiger partial charge in [-0.25, -0.2) is 9.59 Å². The van der Waals surface area contributed by atoms with E-state index in [9.17, 15) is 19.2 Å². The maximum atomic E-state index is 11.9. The average Bonchev–Trinajstić information content (AvgIpc) is 2.86. The Morgan fingerprint density at radius 3 is 1.68 bits per heavy atom. The third-order valence-electron chi connectivity index (χ3n) is 4.32. The van der Waals surface area contributed by atoms with Crippen LogP contribution in [0.25, 0.3) is 0 Å². The summed E-state index contributed by atoms with van der Waals surface area (Å²) >= 11 is 4.69. The summed E-state index contributed by atoms with van der Waals surface area (Å²) in [4.78, 5) is 53.0. The van der Waals surface area contributed by atoms with Crippen molar-refractivity contribution in [3.05, 3.63) is 95.1 Å². The molecule has 3 rings (SSSR count). The minimum atomic E-state index is -1.10. The molecule has 0 saturated heterocycles. The molecule has 0 amide bonds. The van der Waals surface area contributed by atoms with E-state index in [4.69, 9.17) is 21.1 Å². The Morgan fingerprint density at radius 2 is 1.26 bits per heavy atom. The molecule has 12 heteroatoms. The quantitative estimate of drug-likeness (QED) is 0.134. The van der Waals surface area contributed by atoms with Crippen LogP contribution < -0.4 is 40.4 Å². The summed E-state index contributed by atoms with van der Waals surface area (Å²) in [6.07, 6.45) is 5.64. The molecular formula is C26H28N3NaO7S. The summed E-state index contributed by atoms with van der Waals surface area (Å²) in [6, 6.07) is 11.5. The second-order valence-corrected chi connectivity index (χ2v) is 7.62. The van der Waals surface area contributed by atoms with Crippen LogP contribution in [-0.2, 0) is 17.6 Å². The summed E-state index contributed by atoms with van der Waals surface area (Å²) in [5.74, 6) is -2.62. The number of hydrogen-bond donors (Lipinski definition) is 3. The van der Waals surface area contributed by atoms with Gasteiger partial charge in [0.25, 0.3) is 0 Å². The van der Waals surface area contributed by atoms with E-state index in [1.54, 1.807) is 36.5 Å². The molecule has 0 aliphatic rings. The van der Waals surface area contributed by atoms with E-state index in [-0.39, 0.29) is 72.5 Å². The fraction of sp³-hybridized carbons (Fsp3) is 0.192. The summed E-state index contributed by atoms with van der Waals surface area (Å²) in [6.45, 7) is 0. The van der Waals surface area contributed by atoms with Crippen LogP contribution in [0.3, 0.4) is 0 Å². The van der Waals surface area contributed by atoms with Crippen LogP contribution in [-0.4, -0.2) is 55.8 Å². The molecule has 10 nitrogen and oxygen atoms in total. The number of nitrogens with zero attached hydrogens (tertiary/aromatic N) is 2. The molecule has 3 aromatic rings. The Labute approximate surface area is 248 Å². The maximum Gasteiger partial charge on any atom is 1.00 e. The molecule has 0 spiro atoms. The van der Waals surface area contributed by atoms with Gasteiger partial charge in [0.1, 0.15) is 5.78 Å². The molecule has 0 aliphatic heterocycles. The molecule has 0 radical (unpaired) electrons. The number of thiocarbonyl (C=S) groups is 1. The van der Waals surface area contributed by atoms with Gasteiger partial charge >= 0.3 is 41.5 Å². The third kappa shape index (κ3) is 13.8. The monoisotopic (exact) mass is 549 g/mol. The normalized spacial score (nSPS) is 9.00. The Kier molecular flexibility index (Phi) is 19.1. The number of aromatic nitrogens is 2. The van der Waals surface area contributed by atoms with Crippen LogP contribution in [0.15, 0.2) is 67.3 Å². The zero-order valence-corrected chi connectivity index (χ0v) is 23.1. The van der Waals surface area contributed by atoms with Crippen LogP contribution in [0.1, 0.15) is 56.0 Å². The first-order chi connectivity index (χ1) is 17.2. The van der Waals surface area contributed by atoms with Crippen molar-refractivity contribution in [1.82, 2.24) is 9.97 Å². The van der Waals surface area contributed by atoms with Crippen molar-refractivity contribution in [3.63, 3.8) is 0 Å². The van der Waals surface area contributed by atoms with Gasteiger partial charge in [-0.2, -0.15) is 7.11 Å². The molecular weight excluding hydrogens is 521 g/mol. The van der Waals surface area contributed by atoms with E-state index in [0.29, 0.717) is 28.1 Å². The second-order valence-electron chi connectivity index (χ2n) is 7.10. The van der Waals surface area contributed by atoms with E-state index in [1.807, 2.05) is 0 Å². The fourth-order valence-electron chi connectivity index (χ4n) is 2.80. The van der Waals surface area contributed by atoms with Gasteiger partial charge in [0.05, 0.1) is 22.5 Å². The van der Waals surface area contributed by atoms with Crippen molar-refractivity contribution in [1.29, 1.82) is 0 Å². The molecule has 0 bridgehead atoms. The molecule has 0 atom stereocenters. The molecule has 0 aliphatic carbocycles. The van der Waals surface area contributed by atoms with E-state index < -0.39 is 11.9 Å². The van der Waals surface area contributed by atoms with Gasteiger partial charge in [-0.05, 0) is 23.3 Å². The zero-order valence-electron chi connectivity index (χ0n) is 20.3. The Morgan fingerprint density at radius 1 is 0.816 bits per heavy atom. The predicted octanol–water partition coefficient (Wildman–Crippen LogP) is -0.611. The summed E-state index contributed by atoms with van der Waals surface area (Å²) in [5, 5.41) is 25.7. The smallest absolute Gasteiger partial charge is 0.857 e. The standard InChI is InChI=1S/C16H13NO4.C8H8N2O2S.CH3O.CH4.Na/c18-14(8-15(19)12-4-2-1-3-5-12)7-11-6-13(16(20)21)10-17-9-11;9-7(13)2-5-1-6(8(11)12)4-10-3-5;1-2;;/h1-6,9-10H,7-8H2,(H,20,21);1,3-4H,2H2,(H2,9,13)(H,11,12);1H3;1H4;/q;;-1;;+1. The first kappa shape index (κ1) is 36.8. The molecule has 0 saturated carbocycles. The molecule has 38 heavy (non-hydrogen) atoms. The molecule has 2 aromatic heterocycles. The number of Topliss-reactive ketones (excluding diaryl/α,β-unsaturated/α-hetero) is 2. The first-order valence-electron chi connectivity index (χ1n) is 10.3. The summed E-state index contributed by atoms with van der Waals surface area (Å²) in [5.41, 5.74) is 7.17. The van der Waals surface area contributed by atoms with Crippen LogP contribution in [0, 0.1) is 0 Å². The fourth-order valence-corrected chi connectivity index (χ4v) is 2.97. The second kappa shape index (κ2) is 19.7. The van der Waals surface area contributed by atoms with E-state index in [1.165, 1.54) is 30.7 Å². The largest absolute Gasteiger partial charge is 1.00 e. The SMILES string of the molecule is C.C[O-].NC(=S)Cc1cncc(C(=O)O)c1.O=C(CC(=O)c1ccccc1)Cc1cncc(C(=O)O)c1.[Na+]. The van der Waals surface area contributed by atoms with Gasteiger partial charge in [-0.15, -0.1) is 0 Å². The molecule has 0 fully saturated rings. The van der Waals surface area contributed by atoms with Gasteiger partial charge in [0.2, 0.25) is 0 Å². The number of ketones is 2. The minimum absolute atomic E-state index is 0. The van der Waals surface area contributed by atoms with Gasteiger partial charge in [0, 0.05) is 43.2 Å². The third-order valence-corrected chi connectivity index (χ3v) is 4.46. The van der Waals surface area contributed by atoms with Crippen LogP contribution in [0.5, 0.6) is 0 Å². The number of rotatable bonds is 9. The number of hydrogen-bond acceptors (Lipinski definition) is 8. The zero-order chi connectivity index (χ0) is 27.1. The van der Waals surface area contributed by atoms with Crippen molar-refractivity contribution in [3.8, 4) is 0 Å². The summed E-state index contributed by atoms with van der Waals surface area (Å²) < 4.78 is 0. The van der Waals surface area contributed by atoms with E-state index >= 15 is 0 Å². The Balaban J connectivity index is 0. The number of benzene rings is 1. The van der Waals surface area contributed by atoms with Gasteiger partial charge in [-0.1, -0.05) is 50.0 Å². The van der Waals surface area contributed by atoms with Crippen molar-refractivity contribution in [2.75, 3.05) is 7.11 Å². The van der Waals surface area contributed by atoms with Gasteiger partial charge in [-0.3, -0.25) is 19.6 Å². The minimum Gasteiger partial charge on any atom is -0.857 e. The first-order valence-corrected chi connectivity index (χ1v) is 10.7. The number of carbonyl (C=O) groups excluding carboxylic acids is 2. The summed E-state index contributed by atoms with van der Waals surface area (Å²) in [7, 11) is 0.750. The van der Waals surface area contributed by atoms with E-state index in [2.05, 4.69) is 22.2 Å². The van der Waals surface area contributed by atoms with E-state index in [0.717, 1.165) is 7.11 Å². The van der Waals surface area contributed by atoms with Crippen molar-refractivity contribution in [2.45, 2.75) is 26.7 Å². The predicted molar refractivity (Wildman–Crippen MR) is 140 cm³/mol. The van der Waals surface area contributed by atoms with Gasteiger partial charge in [0.15, 0.2) is 5.78 Å². The number of carboxylic acid groups (broad SMARTS) is 2. The molecule has 196 valence electrons. The molecule has 2 heterocycles. The topological polar surface area (TPSA) is 184 Å². The van der Waals surface area contributed by atoms with Crippen molar-refractivity contribution < 1.29 is 64.1 Å². The molecule has 4 N–H and O–H groups in total. The molecule has 0 unspecified atom stereocenters. The number of pyridine rings is 2. The van der Waals surface area contributed by atoms with Gasteiger partial charge < -0.3 is 21.1 Å². The maximum absolute atomic E-state index is 11.9. The Bertz CT molecular complexity index is 1220. The number of nitrogens with two attached hydrogens (primary N) is 1. The molecule has 1 aromatic carbocycles. The van der Waals surface area contributed by atoms with Crippen LogP contribution in [0.2, 0.25) is 0 Å². The van der Waals surface area contributed by atoms with Crippen molar-refractivity contribution >= 4 is 40.7 Å². The number of carboxylic acids is 2. The van der Waals surface area contributed by atoms with Crippen molar-refractivity contribution in [2.24, 2.45) is 5.73 Å². The number of carbonyl (C=O) groups is 4. The Hall–Kier alpha value is -3.35. The van der Waals surface area contributed by atoms with Crippen LogP contribution in [0.4, 0.5) is 0 Å².